The van der Waals surface area contributed by atoms with Crippen molar-refractivity contribution >= 4 is 5.91 Å². The first kappa shape index (κ1) is 16.4. The van der Waals surface area contributed by atoms with Crippen LogP contribution < -0.4 is 0 Å². The van der Waals surface area contributed by atoms with Crippen molar-refractivity contribution in [2.45, 2.75) is 45.2 Å². The molecule has 2 aliphatic rings. The highest BCUT2D eigenvalue weighted by atomic mass is 16.5. The van der Waals surface area contributed by atoms with Crippen LogP contribution in [-0.4, -0.2) is 70.4 Å². The Balaban J connectivity index is 1.60. The number of rotatable bonds is 5. The molecule has 0 spiro atoms. The van der Waals surface area contributed by atoms with Crippen molar-refractivity contribution in [3.8, 4) is 0 Å². The van der Waals surface area contributed by atoms with Crippen molar-refractivity contribution in [1.29, 1.82) is 0 Å². The third kappa shape index (κ3) is 4.09. The molecule has 7 heteroatoms. The molecule has 1 fully saturated rings. The van der Waals surface area contributed by atoms with Gasteiger partial charge in [0.25, 0.3) is 0 Å². The number of piperidine rings is 1. The Labute approximate surface area is 137 Å². The van der Waals surface area contributed by atoms with Crippen LogP contribution in [0.15, 0.2) is 0 Å². The Morgan fingerprint density at radius 2 is 1.91 bits per heavy atom. The number of amides is 1. The first-order valence-electron chi connectivity index (χ1n) is 8.68. The maximum absolute atomic E-state index is 12.2. The van der Waals surface area contributed by atoms with Crippen molar-refractivity contribution in [2.24, 2.45) is 0 Å². The zero-order valence-corrected chi connectivity index (χ0v) is 14.0. The molecule has 0 aliphatic carbocycles. The van der Waals surface area contributed by atoms with Gasteiger partial charge in [0, 0.05) is 33.2 Å². The average Bonchev–Trinajstić information content (AvgIpc) is 2.82. The van der Waals surface area contributed by atoms with E-state index in [1.54, 1.807) is 7.11 Å². The first-order valence-corrected chi connectivity index (χ1v) is 8.68. The van der Waals surface area contributed by atoms with Crippen molar-refractivity contribution < 1.29 is 9.53 Å². The summed E-state index contributed by atoms with van der Waals surface area (Å²) in [6.45, 7) is 5.94. The van der Waals surface area contributed by atoms with Crippen LogP contribution in [0.3, 0.4) is 0 Å². The molecule has 0 bridgehead atoms. The Bertz CT molecular complexity index is 525. The molecule has 0 atom stereocenters. The number of carbonyl (C=O) groups is 1. The first-order chi connectivity index (χ1) is 11.3. The number of hydrogen-bond acceptors (Lipinski definition) is 5. The topological polar surface area (TPSA) is 63.5 Å². The molecule has 128 valence electrons. The summed E-state index contributed by atoms with van der Waals surface area (Å²) < 4.78 is 7.22. The third-order valence-corrected chi connectivity index (χ3v) is 4.79. The van der Waals surface area contributed by atoms with E-state index in [-0.39, 0.29) is 5.91 Å². The van der Waals surface area contributed by atoms with E-state index in [2.05, 4.69) is 19.7 Å². The Morgan fingerprint density at radius 1 is 1.09 bits per heavy atom. The molecule has 0 N–H and O–H groups in total. The Kier molecular flexibility index (Phi) is 5.61. The highest BCUT2D eigenvalue weighted by molar-refractivity contribution is 5.76. The minimum absolute atomic E-state index is 0.170. The normalized spacial score (nSPS) is 19.4. The van der Waals surface area contributed by atoms with Crippen LogP contribution in [0.1, 0.15) is 37.3 Å². The summed E-state index contributed by atoms with van der Waals surface area (Å²) in [5.74, 6) is 2.23. The van der Waals surface area contributed by atoms with Crippen LogP contribution in [0.5, 0.6) is 0 Å². The van der Waals surface area contributed by atoms with Crippen molar-refractivity contribution in [2.75, 3.05) is 39.9 Å². The lowest BCUT2D eigenvalue weighted by Gasteiger charge is -2.26. The predicted octanol–water partition coefficient (Wildman–Crippen LogP) is 0.685. The number of methoxy groups -OCH3 is 1. The molecule has 3 rings (SSSR count). The maximum Gasteiger partial charge on any atom is 0.224 e. The largest absolute Gasteiger partial charge is 0.384 e. The molecular formula is C16H27N5O2. The second-order valence-corrected chi connectivity index (χ2v) is 6.39. The minimum Gasteiger partial charge on any atom is -0.384 e. The van der Waals surface area contributed by atoms with Crippen LogP contribution in [0.4, 0.5) is 0 Å². The van der Waals surface area contributed by atoms with Crippen LogP contribution in [0.2, 0.25) is 0 Å². The van der Waals surface area contributed by atoms with Gasteiger partial charge in [0.05, 0.1) is 19.6 Å². The summed E-state index contributed by atoms with van der Waals surface area (Å²) in [5.41, 5.74) is 0. The monoisotopic (exact) mass is 321 g/mol. The van der Waals surface area contributed by atoms with Crippen molar-refractivity contribution in [1.82, 2.24) is 24.6 Å². The van der Waals surface area contributed by atoms with Gasteiger partial charge in [0.15, 0.2) is 0 Å². The predicted molar refractivity (Wildman–Crippen MR) is 85.9 cm³/mol. The number of aromatic nitrogens is 3. The number of hydrogen-bond donors (Lipinski definition) is 0. The van der Waals surface area contributed by atoms with Crippen LogP contribution in [-0.2, 0) is 29.0 Å². The van der Waals surface area contributed by atoms with Crippen molar-refractivity contribution in [3.05, 3.63) is 11.6 Å². The summed E-state index contributed by atoms with van der Waals surface area (Å²) in [6, 6.07) is 0. The second kappa shape index (κ2) is 7.88. The molecule has 0 saturated carbocycles. The van der Waals surface area contributed by atoms with Crippen LogP contribution >= 0.6 is 0 Å². The molecule has 2 aliphatic heterocycles. The minimum atomic E-state index is 0.170. The molecule has 3 heterocycles. The Hall–Kier alpha value is -1.47. The van der Waals surface area contributed by atoms with E-state index in [0.29, 0.717) is 13.0 Å². The highest BCUT2D eigenvalue weighted by Gasteiger charge is 2.22. The van der Waals surface area contributed by atoms with Gasteiger partial charge in [-0.15, -0.1) is 10.2 Å². The summed E-state index contributed by atoms with van der Waals surface area (Å²) in [7, 11) is 1.63. The summed E-state index contributed by atoms with van der Waals surface area (Å²) in [5, 5.41) is 8.76. The number of ether oxygens (including phenoxy) is 1. The molecule has 0 radical (unpaired) electrons. The lowest BCUT2D eigenvalue weighted by atomic mass is 10.1. The van der Waals surface area contributed by atoms with Gasteiger partial charge in [-0.3, -0.25) is 9.69 Å². The number of nitrogens with zero attached hydrogens (tertiary/aromatic N) is 5. The smallest absolute Gasteiger partial charge is 0.224 e. The molecule has 0 aromatic carbocycles. The lowest BCUT2D eigenvalue weighted by molar-refractivity contribution is -0.132. The fourth-order valence-electron chi connectivity index (χ4n) is 3.41. The van der Waals surface area contributed by atoms with E-state index < -0.39 is 0 Å². The van der Waals surface area contributed by atoms with E-state index in [0.717, 1.165) is 57.3 Å². The van der Waals surface area contributed by atoms with E-state index >= 15 is 0 Å². The maximum atomic E-state index is 12.2. The summed E-state index contributed by atoms with van der Waals surface area (Å²) >= 11 is 0. The quantitative estimate of drug-likeness (QED) is 0.798. The summed E-state index contributed by atoms with van der Waals surface area (Å²) in [4.78, 5) is 16.6. The molecule has 1 aromatic rings. The molecule has 1 aromatic heterocycles. The van der Waals surface area contributed by atoms with Gasteiger partial charge in [0.2, 0.25) is 5.91 Å². The van der Waals surface area contributed by atoms with E-state index in [1.165, 1.54) is 19.3 Å². The molecular weight excluding hydrogens is 294 g/mol. The zero-order valence-electron chi connectivity index (χ0n) is 14.0. The second-order valence-electron chi connectivity index (χ2n) is 6.39. The zero-order chi connectivity index (χ0) is 16.1. The molecule has 1 amide bonds. The fraction of sp³-hybridized carbons (Fsp3) is 0.812. The lowest BCUT2D eigenvalue weighted by Crippen LogP contribution is -2.34. The van der Waals surface area contributed by atoms with E-state index in [9.17, 15) is 4.79 Å². The average molecular weight is 321 g/mol. The van der Waals surface area contributed by atoms with E-state index in [1.807, 2.05) is 4.90 Å². The SMILES string of the molecule is COCCC(=O)N1CCc2nnc(CN3CCCCC3)n2CC1. The van der Waals surface area contributed by atoms with Gasteiger partial charge in [-0.1, -0.05) is 6.42 Å². The van der Waals surface area contributed by atoms with Gasteiger partial charge in [-0.25, -0.2) is 0 Å². The fourth-order valence-corrected chi connectivity index (χ4v) is 3.41. The number of carbonyl (C=O) groups excluding carboxylic acids is 1. The van der Waals surface area contributed by atoms with Gasteiger partial charge in [-0.05, 0) is 25.9 Å². The van der Waals surface area contributed by atoms with E-state index in [4.69, 9.17) is 4.74 Å². The number of likely N-dealkylation sites (tertiary alicyclic amines) is 1. The highest BCUT2D eigenvalue weighted by Crippen LogP contribution is 2.15. The van der Waals surface area contributed by atoms with Gasteiger partial charge in [-0.2, -0.15) is 0 Å². The molecule has 0 unspecified atom stereocenters. The number of fused-ring (bicyclic) bond motifs is 1. The molecule has 1 saturated heterocycles. The standard InChI is InChI=1S/C16H27N5O2/c1-23-12-6-16(22)20-9-5-14-17-18-15(21(14)11-10-20)13-19-7-3-2-4-8-19/h2-13H2,1H3. The third-order valence-electron chi connectivity index (χ3n) is 4.79. The van der Waals surface area contributed by atoms with Crippen molar-refractivity contribution in [3.63, 3.8) is 0 Å². The summed E-state index contributed by atoms with van der Waals surface area (Å²) in [6.07, 6.45) is 5.14. The van der Waals surface area contributed by atoms with Gasteiger partial charge in [0.1, 0.15) is 11.6 Å². The van der Waals surface area contributed by atoms with Crippen LogP contribution in [0, 0.1) is 0 Å². The Morgan fingerprint density at radius 3 is 2.70 bits per heavy atom. The van der Waals surface area contributed by atoms with Gasteiger partial charge < -0.3 is 14.2 Å². The molecule has 23 heavy (non-hydrogen) atoms. The molecule has 7 nitrogen and oxygen atoms in total. The van der Waals surface area contributed by atoms with Crippen LogP contribution in [0.25, 0.3) is 0 Å². The van der Waals surface area contributed by atoms with Gasteiger partial charge >= 0.3 is 0 Å².